The number of aromatic nitrogens is 2. The van der Waals surface area contributed by atoms with E-state index >= 15 is 0 Å². The first-order valence-corrected chi connectivity index (χ1v) is 10.7. The average molecular weight is 384 g/mol. The zero-order valence-electron chi connectivity index (χ0n) is 17.7. The molecule has 1 amide bonds. The molecule has 28 heavy (non-hydrogen) atoms. The molecule has 1 saturated heterocycles. The Labute approximate surface area is 168 Å². The topological polar surface area (TPSA) is 44.6 Å². The average Bonchev–Trinajstić information content (AvgIpc) is 3.53. The van der Waals surface area contributed by atoms with Gasteiger partial charge in [-0.05, 0) is 63.4 Å². The van der Waals surface area contributed by atoms with E-state index in [0.29, 0.717) is 12.1 Å². The third-order valence-corrected chi connectivity index (χ3v) is 6.62. The maximum Gasteiger partial charge on any atom is 0.253 e. The van der Waals surface area contributed by atoms with E-state index in [1.165, 1.54) is 12.8 Å². The minimum Gasteiger partial charge on any atom is -0.342 e. The molecule has 0 spiro atoms. The molecule has 1 aromatic carbocycles. The van der Waals surface area contributed by atoms with Gasteiger partial charge in [0.15, 0.2) is 0 Å². The van der Waals surface area contributed by atoms with Gasteiger partial charge in [-0.2, -0.15) is 0 Å². The molecule has 6 heteroatoms. The Hall–Kier alpha value is -2.08. The summed E-state index contributed by atoms with van der Waals surface area (Å²) in [6.07, 6.45) is 5.78. The Morgan fingerprint density at radius 2 is 1.93 bits per heavy atom. The van der Waals surface area contributed by atoms with Crippen LogP contribution in [0.3, 0.4) is 0 Å². The van der Waals surface area contributed by atoms with Gasteiger partial charge in [0.1, 0.15) is 0 Å². The van der Waals surface area contributed by atoms with Gasteiger partial charge in [0.25, 0.3) is 5.91 Å². The molecule has 1 atom stereocenters. The fourth-order valence-corrected chi connectivity index (χ4v) is 4.47. The molecule has 1 saturated carbocycles. The minimum absolute atomic E-state index is 0.111. The van der Waals surface area contributed by atoms with Gasteiger partial charge in [0.2, 0.25) is 5.95 Å². The van der Waals surface area contributed by atoms with Gasteiger partial charge in [0.05, 0.1) is 11.0 Å². The molecule has 0 bridgehead atoms. The molecule has 0 radical (unpaired) electrons. The number of benzene rings is 1. The lowest BCUT2D eigenvalue weighted by molar-refractivity contribution is 0.0718. The van der Waals surface area contributed by atoms with Crippen molar-refractivity contribution >= 4 is 22.9 Å². The number of rotatable bonds is 5. The number of hydrogen-bond donors (Lipinski definition) is 0. The van der Waals surface area contributed by atoms with Crippen molar-refractivity contribution in [2.24, 2.45) is 7.05 Å². The first-order valence-electron chi connectivity index (χ1n) is 10.7. The fourth-order valence-electron chi connectivity index (χ4n) is 4.47. The van der Waals surface area contributed by atoms with Crippen LogP contribution in [0.15, 0.2) is 18.2 Å². The molecule has 0 N–H and O–H groups in total. The van der Waals surface area contributed by atoms with E-state index in [-0.39, 0.29) is 5.91 Å². The quantitative estimate of drug-likeness (QED) is 0.796. The molecule has 1 aliphatic heterocycles. The summed E-state index contributed by atoms with van der Waals surface area (Å²) < 4.78 is 2.14. The zero-order valence-corrected chi connectivity index (χ0v) is 17.7. The summed E-state index contributed by atoms with van der Waals surface area (Å²) in [6.45, 7) is 5.53. The van der Waals surface area contributed by atoms with Crippen LogP contribution in [0.25, 0.3) is 11.0 Å². The standard InChI is InChI=1S/C22H33N5O/c1-5-27-13-6-7-17(12-14-27)24(2)21(28)16-8-11-20-19(15-16)23-22(26(20)4)25(3)18-9-10-18/h8,11,15,17-18H,5-7,9-10,12-14H2,1-4H3. The predicted octanol–water partition coefficient (Wildman–Crippen LogP) is 3.12. The van der Waals surface area contributed by atoms with Gasteiger partial charge in [-0.1, -0.05) is 6.92 Å². The van der Waals surface area contributed by atoms with Crippen LogP contribution in [-0.4, -0.2) is 71.1 Å². The van der Waals surface area contributed by atoms with Crippen LogP contribution in [0.5, 0.6) is 0 Å². The first kappa shape index (κ1) is 19.2. The van der Waals surface area contributed by atoms with Crippen molar-refractivity contribution in [1.29, 1.82) is 0 Å². The number of aryl methyl sites for hydroxylation is 1. The van der Waals surface area contributed by atoms with Crippen molar-refractivity contribution in [2.45, 2.75) is 51.1 Å². The van der Waals surface area contributed by atoms with E-state index in [1.54, 1.807) is 0 Å². The van der Waals surface area contributed by atoms with Gasteiger partial charge in [-0.25, -0.2) is 4.98 Å². The third-order valence-electron chi connectivity index (χ3n) is 6.62. The van der Waals surface area contributed by atoms with Crippen molar-refractivity contribution in [3.63, 3.8) is 0 Å². The Balaban J connectivity index is 1.53. The molecule has 2 fully saturated rings. The molecular weight excluding hydrogens is 350 g/mol. The van der Waals surface area contributed by atoms with E-state index in [4.69, 9.17) is 4.98 Å². The van der Waals surface area contributed by atoms with Crippen LogP contribution >= 0.6 is 0 Å². The summed E-state index contributed by atoms with van der Waals surface area (Å²) in [4.78, 5) is 24.7. The lowest BCUT2D eigenvalue weighted by Crippen LogP contribution is -2.37. The van der Waals surface area contributed by atoms with Gasteiger partial charge in [-0.15, -0.1) is 0 Å². The minimum atomic E-state index is 0.111. The fraction of sp³-hybridized carbons (Fsp3) is 0.636. The van der Waals surface area contributed by atoms with Gasteiger partial charge in [-0.3, -0.25) is 4.79 Å². The Bertz CT molecular complexity index is 856. The van der Waals surface area contributed by atoms with Crippen molar-refractivity contribution in [3.8, 4) is 0 Å². The van der Waals surface area contributed by atoms with Crippen molar-refractivity contribution in [2.75, 3.05) is 38.6 Å². The summed E-state index contributed by atoms with van der Waals surface area (Å²) >= 11 is 0. The second-order valence-electron chi connectivity index (χ2n) is 8.45. The Morgan fingerprint density at radius 3 is 2.64 bits per heavy atom. The maximum atomic E-state index is 13.2. The second-order valence-corrected chi connectivity index (χ2v) is 8.45. The Kier molecular flexibility index (Phi) is 5.32. The molecule has 2 aromatic rings. The smallest absolute Gasteiger partial charge is 0.253 e. The van der Waals surface area contributed by atoms with Crippen LogP contribution in [0.1, 0.15) is 49.4 Å². The van der Waals surface area contributed by atoms with E-state index in [9.17, 15) is 4.79 Å². The summed E-state index contributed by atoms with van der Waals surface area (Å²) in [5, 5.41) is 0. The van der Waals surface area contributed by atoms with Crippen LogP contribution < -0.4 is 4.90 Å². The van der Waals surface area contributed by atoms with Crippen LogP contribution in [0.2, 0.25) is 0 Å². The highest BCUT2D eigenvalue weighted by molar-refractivity contribution is 5.97. The molecule has 6 nitrogen and oxygen atoms in total. The Morgan fingerprint density at radius 1 is 1.14 bits per heavy atom. The lowest BCUT2D eigenvalue weighted by atomic mass is 10.1. The molecule has 1 aromatic heterocycles. The van der Waals surface area contributed by atoms with Crippen molar-refractivity contribution < 1.29 is 4.79 Å². The summed E-state index contributed by atoms with van der Waals surface area (Å²) in [5.74, 6) is 1.10. The number of imidazole rings is 1. The monoisotopic (exact) mass is 383 g/mol. The largest absolute Gasteiger partial charge is 0.342 e. The van der Waals surface area contributed by atoms with Crippen LogP contribution in [0, 0.1) is 0 Å². The van der Waals surface area contributed by atoms with Crippen molar-refractivity contribution in [1.82, 2.24) is 19.4 Å². The van der Waals surface area contributed by atoms with Crippen LogP contribution in [-0.2, 0) is 7.05 Å². The van der Waals surface area contributed by atoms with Gasteiger partial charge in [0, 0.05) is 45.3 Å². The second kappa shape index (κ2) is 7.74. The molecular formula is C22H33N5O. The van der Waals surface area contributed by atoms with Crippen molar-refractivity contribution in [3.05, 3.63) is 23.8 Å². The van der Waals surface area contributed by atoms with E-state index in [1.807, 2.05) is 30.1 Å². The van der Waals surface area contributed by atoms with E-state index < -0.39 is 0 Å². The molecule has 1 unspecified atom stereocenters. The number of fused-ring (bicyclic) bond motifs is 1. The lowest BCUT2D eigenvalue weighted by Gasteiger charge is -2.27. The van der Waals surface area contributed by atoms with Gasteiger partial charge < -0.3 is 19.3 Å². The number of carbonyl (C=O) groups excluding carboxylic acids is 1. The molecule has 2 aliphatic rings. The zero-order chi connectivity index (χ0) is 19.8. The summed E-state index contributed by atoms with van der Waals surface area (Å²) in [7, 11) is 6.13. The number of nitrogens with zero attached hydrogens (tertiary/aromatic N) is 5. The molecule has 4 rings (SSSR count). The highest BCUT2D eigenvalue weighted by Gasteiger charge is 2.29. The molecule has 1 aliphatic carbocycles. The van der Waals surface area contributed by atoms with E-state index in [2.05, 4.69) is 35.4 Å². The van der Waals surface area contributed by atoms with Crippen LogP contribution in [0.4, 0.5) is 5.95 Å². The summed E-state index contributed by atoms with van der Waals surface area (Å²) in [6, 6.07) is 6.90. The number of amides is 1. The number of hydrogen-bond acceptors (Lipinski definition) is 4. The third kappa shape index (κ3) is 3.62. The maximum absolute atomic E-state index is 13.2. The number of likely N-dealkylation sites (tertiary alicyclic amines) is 1. The molecule has 2 heterocycles. The number of carbonyl (C=O) groups is 1. The predicted molar refractivity (Wildman–Crippen MR) is 114 cm³/mol. The normalized spacial score (nSPS) is 20.9. The number of anilines is 1. The highest BCUT2D eigenvalue weighted by Crippen LogP contribution is 2.31. The molecule has 152 valence electrons. The summed E-state index contributed by atoms with van der Waals surface area (Å²) in [5.41, 5.74) is 2.72. The first-order chi connectivity index (χ1) is 13.5. The van der Waals surface area contributed by atoms with Gasteiger partial charge >= 0.3 is 0 Å². The SMILES string of the molecule is CCN1CCCC(N(C)C(=O)c2ccc3c(c2)nc(N(C)C2CC2)n3C)CC1. The highest BCUT2D eigenvalue weighted by atomic mass is 16.2. The van der Waals surface area contributed by atoms with E-state index in [0.717, 1.165) is 61.4 Å².